The van der Waals surface area contributed by atoms with Crippen molar-refractivity contribution in [1.29, 1.82) is 0 Å². The fraction of sp³-hybridized carbons (Fsp3) is 0.348. The van der Waals surface area contributed by atoms with Crippen LogP contribution >= 0.6 is 0 Å². The van der Waals surface area contributed by atoms with Gasteiger partial charge in [-0.1, -0.05) is 25.1 Å². The Bertz CT molecular complexity index is 1130. The quantitative estimate of drug-likeness (QED) is 0.482. The van der Waals surface area contributed by atoms with Crippen molar-refractivity contribution in [3.8, 4) is 5.75 Å². The number of hydrogen-bond acceptors (Lipinski definition) is 6. The molecule has 0 bridgehead atoms. The average Bonchev–Trinajstić information content (AvgIpc) is 2.76. The molecule has 0 saturated heterocycles. The molecule has 2 amide bonds. The minimum Gasteiger partial charge on any atom is -0.483 e. The van der Waals surface area contributed by atoms with Gasteiger partial charge in [-0.05, 0) is 43.2 Å². The van der Waals surface area contributed by atoms with Crippen molar-refractivity contribution < 1.29 is 27.5 Å². The number of rotatable bonds is 11. The number of ketones is 1. The number of ether oxygens (including phenoxy) is 1. The first-order valence-electron chi connectivity index (χ1n) is 10.4. The lowest BCUT2D eigenvalue weighted by molar-refractivity contribution is -0.123. The van der Waals surface area contributed by atoms with Gasteiger partial charge in [0.05, 0.1) is 10.5 Å². The number of benzene rings is 2. The molecule has 0 heterocycles. The van der Waals surface area contributed by atoms with E-state index in [0.717, 1.165) is 4.31 Å². The van der Waals surface area contributed by atoms with Gasteiger partial charge in [0.15, 0.2) is 12.4 Å². The van der Waals surface area contributed by atoms with Gasteiger partial charge >= 0.3 is 0 Å². The number of amides is 2. The third-order valence-electron chi connectivity index (χ3n) is 4.69. The summed E-state index contributed by atoms with van der Waals surface area (Å²) in [5.74, 6) is -0.708. The van der Waals surface area contributed by atoms with Crippen molar-refractivity contribution in [3.05, 3.63) is 53.6 Å². The fourth-order valence-corrected chi connectivity index (χ4v) is 4.06. The zero-order valence-electron chi connectivity index (χ0n) is 19.2. The van der Waals surface area contributed by atoms with Gasteiger partial charge in [0.25, 0.3) is 5.91 Å². The molecule has 33 heavy (non-hydrogen) atoms. The third kappa shape index (κ3) is 7.13. The lowest BCUT2D eigenvalue weighted by Crippen LogP contribution is -2.30. The highest BCUT2D eigenvalue weighted by atomic mass is 32.2. The Balaban J connectivity index is 2.04. The summed E-state index contributed by atoms with van der Waals surface area (Å²) in [6.07, 6.45) is 1.07. The molecule has 0 saturated carbocycles. The average molecular weight is 476 g/mol. The SMILES string of the molecule is CCCC(=O)Nc1ccc(OCC(=O)NCc2ccccc2S(=O)(=O)N(C)C)c(C(C)=O)c1. The van der Waals surface area contributed by atoms with E-state index in [0.29, 0.717) is 24.1 Å². The number of carbonyl (C=O) groups is 3. The van der Waals surface area contributed by atoms with Gasteiger partial charge in [0.1, 0.15) is 5.75 Å². The Morgan fingerprint density at radius 2 is 1.73 bits per heavy atom. The van der Waals surface area contributed by atoms with Gasteiger partial charge in [-0.3, -0.25) is 14.4 Å². The summed E-state index contributed by atoms with van der Waals surface area (Å²) < 4.78 is 31.6. The largest absolute Gasteiger partial charge is 0.483 e. The van der Waals surface area contributed by atoms with Crippen LogP contribution in [0, 0.1) is 0 Å². The Morgan fingerprint density at radius 3 is 2.36 bits per heavy atom. The van der Waals surface area contributed by atoms with Crippen LogP contribution in [-0.2, 0) is 26.2 Å². The molecule has 2 N–H and O–H groups in total. The molecular formula is C23H29N3O6S. The number of anilines is 1. The van der Waals surface area contributed by atoms with E-state index in [-0.39, 0.29) is 41.1 Å². The van der Waals surface area contributed by atoms with E-state index in [4.69, 9.17) is 4.74 Å². The van der Waals surface area contributed by atoms with E-state index in [1.807, 2.05) is 6.92 Å². The number of Topliss-reactive ketones (excluding diaryl/α,β-unsaturated/α-hetero) is 1. The standard InChI is InChI=1S/C23H29N3O6S/c1-5-8-22(28)25-18-11-12-20(19(13-18)16(2)27)32-15-23(29)24-14-17-9-6-7-10-21(17)33(30,31)26(3)4/h6-7,9-13H,5,8,14-15H2,1-4H3,(H,24,29)(H,25,28). The van der Waals surface area contributed by atoms with Crippen molar-refractivity contribution in [2.24, 2.45) is 0 Å². The van der Waals surface area contributed by atoms with Gasteiger partial charge in [0, 0.05) is 32.7 Å². The van der Waals surface area contributed by atoms with Crippen LogP contribution in [0.25, 0.3) is 0 Å². The van der Waals surface area contributed by atoms with Crippen LogP contribution in [0.15, 0.2) is 47.4 Å². The molecule has 0 aromatic heterocycles. The highest BCUT2D eigenvalue weighted by molar-refractivity contribution is 7.89. The van der Waals surface area contributed by atoms with Crippen LogP contribution in [0.2, 0.25) is 0 Å². The zero-order chi connectivity index (χ0) is 24.6. The topological polar surface area (TPSA) is 122 Å². The first-order valence-corrected chi connectivity index (χ1v) is 11.8. The highest BCUT2D eigenvalue weighted by Crippen LogP contribution is 2.24. The lowest BCUT2D eigenvalue weighted by Gasteiger charge is -2.16. The van der Waals surface area contributed by atoms with Crippen LogP contribution in [0.3, 0.4) is 0 Å². The summed E-state index contributed by atoms with van der Waals surface area (Å²) in [6.45, 7) is 2.88. The van der Waals surface area contributed by atoms with Crippen molar-refractivity contribution in [1.82, 2.24) is 9.62 Å². The van der Waals surface area contributed by atoms with Crippen LogP contribution in [0.5, 0.6) is 5.75 Å². The summed E-state index contributed by atoms with van der Waals surface area (Å²) in [4.78, 5) is 36.2. The van der Waals surface area contributed by atoms with Crippen molar-refractivity contribution in [2.75, 3.05) is 26.0 Å². The first-order chi connectivity index (χ1) is 15.6. The van der Waals surface area contributed by atoms with Crippen molar-refractivity contribution >= 4 is 33.3 Å². The third-order valence-corrected chi connectivity index (χ3v) is 6.60. The summed E-state index contributed by atoms with van der Waals surface area (Å²) in [6, 6.07) is 11.0. The van der Waals surface area contributed by atoms with E-state index in [9.17, 15) is 22.8 Å². The van der Waals surface area contributed by atoms with E-state index < -0.39 is 15.9 Å². The van der Waals surface area contributed by atoms with Crippen molar-refractivity contribution in [3.63, 3.8) is 0 Å². The molecular weight excluding hydrogens is 446 g/mol. The van der Waals surface area contributed by atoms with Gasteiger partial charge in [0.2, 0.25) is 15.9 Å². The molecule has 2 aromatic carbocycles. The van der Waals surface area contributed by atoms with Gasteiger partial charge in [-0.2, -0.15) is 0 Å². The highest BCUT2D eigenvalue weighted by Gasteiger charge is 2.21. The Kier molecular flexibility index (Phi) is 9.12. The van der Waals surface area contributed by atoms with Crippen LogP contribution in [0.4, 0.5) is 5.69 Å². The smallest absolute Gasteiger partial charge is 0.258 e. The van der Waals surface area contributed by atoms with E-state index in [1.54, 1.807) is 24.3 Å². The second-order valence-corrected chi connectivity index (χ2v) is 9.65. The maximum absolute atomic E-state index is 12.5. The fourth-order valence-electron chi connectivity index (χ4n) is 2.95. The summed E-state index contributed by atoms with van der Waals surface area (Å²) in [5, 5.41) is 5.35. The molecule has 0 radical (unpaired) electrons. The Hall–Kier alpha value is -3.24. The number of nitrogens with zero attached hydrogens (tertiary/aromatic N) is 1. The van der Waals surface area contributed by atoms with Gasteiger partial charge < -0.3 is 15.4 Å². The first kappa shape index (κ1) is 26.0. The van der Waals surface area contributed by atoms with E-state index >= 15 is 0 Å². The maximum Gasteiger partial charge on any atom is 0.258 e. The predicted molar refractivity (Wildman–Crippen MR) is 125 cm³/mol. The second-order valence-electron chi connectivity index (χ2n) is 7.53. The lowest BCUT2D eigenvalue weighted by atomic mass is 10.1. The number of nitrogens with one attached hydrogen (secondary N) is 2. The molecule has 178 valence electrons. The monoisotopic (exact) mass is 475 g/mol. The molecule has 0 aliphatic rings. The molecule has 0 aliphatic heterocycles. The van der Waals surface area contributed by atoms with Crippen LogP contribution in [-0.4, -0.2) is 51.0 Å². The molecule has 0 fully saturated rings. The van der Waals surface area contributed by atoms with Gasteiger partial charge in [-0.15, -0.1) is 0 Å². The zero-order valence-corrected chi connectivity index (χ0v) is 20.0. The van der Waals surface area contributed by atoms with E-state index in [2.05, 4.69) is 10.6 Å². The summed E-state index contributed by atoms with van der Waals surface area (Å²) in [7, 11) is -0.787. The number of carbonyl (C=O) groups excluding carboxylic acids is 3. The summed E-state index contributed by atoms with van der Waals surface area (Å²) in [5.41, 5.74) is 1.14. The molecule has 10 heteroatoms. The van der Waals surface area contributed by atoms with E-state index in [1.165, 1.54) is 39.2 Å². The van der Waals surface area contributed by atoms with Crippen LogP contribution in [0.1, 0.15) is 42.6 Å². The molecule has 0 unspecified atom stereocenters. The minimum atomic E-state index is -3.66. The number of sulfonamides is 1. The molecule has 0 spiro atoms. The molecule has 0 aliphatic carbocycles. The maximum atomic E-state index is 12.5. The Labute approximate surface area is 194 Å². The molecule has 9 nitrogen and oxygen atoms in total. The van der Waals surface area contributed by atoms with Gasteiger partial charge in [-0.25, -0.2) is 12.7 Å². The van der Waals surface area contributed by atoms with Crippen molar-refractivity contribution in [2.45, 2.75) is 38.1 Å². The molecule has 2 rings (SSSR count). The molecule has 0 atom stereocenters. The molecule has 2 aromatic rings. The predicted octanol–water partition coefficient (Wildman–Crippen LogP) is 2.57. The summed E-state index contributed by atoms with van der Waals surface area (Å²) >= 11 is 0. The normalized spacial score (nSPS) is 11.2. The second kappa shape index (κ2) is 11.6. The Morgan fingerprint density at radius 1 is 1.03 bits per heavy atom. The number of hydrogen-bond donors (Lipinski definition) is 2. The minimum absolute atomic E-state index is 0.00655. The van der Waals surface area contributed by atoms with Crippen LogP contribution < -0.4 is 15.4 Å².